The Kier molecular flexibility index (Phi) is 29.8. The first-order chi connectivity index (χ1) is 29.7. The summed E-state index contributed by atoms with van der Waals surface area (Å²) in [7, 11) is -2.13. The number of hydrogen-bond donors (Lipinski definition) is 0. The summed E-state index contributed by atoms with van der Waals surface area (Å²) in [6.45, 7) is 0. The van der Waals surface area contributed by atoms with Crippen LogP contribution < -0.4 is 42.4 Å². The molecule has 0 saturated heterocycles. The predicted octanol–water partition coefficient (Wildman–Crippen LogP) is 11.7. The van der Waals surface area contributed by atoms with Crippen molar-refractivity contribution in [2.24, 2.45) is 0 Å². The van der Waals surface area contributed by atoms with E-state index in [1.165, 1.54) is 42.4 Å². The van der Waals surface area contributed by atoms with Gasteiger partial charge in [0, 0.05) is 0 Å². The van der Waals surface area contributed by atoms with Crippen molar-refractivity contribution in [1.29, 1.82) is 0 Å². The van der Waals surface area contributed by atoms with Gasteiger partial charge in [-0.3, -0.25) is 11.8 Å². The maximum atomic E-state index is 8.45. The third-order valence-corrected chi connectivity index (χ3v) is 19.3. The summed E-state index contributed by atoms with van der Waals surface area (Å²) in [5.41, 5.74) is 0. The second-order valence-corrected chi connectivity index (χ2v) is 21.8. The van der Waals surface area contributed by atoms with E-state index in [0.29, 0.717) is 0 Å². The molecule has 8 aromatic rings. The Bertz CT molecular complexity index is 1860. The van der Waals surface area contributed by atoms with E-state index in [1.807, 2.05) is 0 Å². The van der Waals surface area contributed by atoms with Crippen LogP contribution in [0.4, 0.5) is 0 Å². The first kappa shape index (κ1) is 56.1. The second-order valence-electron chi connectivity index (χ2n) is 12.5. The van der Waals surface area contributed by atoms with Gasteiger partial charge in [-0.1, -0.05) is 285 Å². The van der Waals surface area contributed by atoms with Gasteiger partial charge in [0.05, 0.1) is 0 Å². The Balaban J connectivity index is 0.000000370. The van der Waals surface area contributed by atoms with Crippen LogP contribution in [0.15, 0.2) is 243 Å². The smallest absolute Gasteiger partial charge is 0.525 e. The van der Waals surface area contributed by atoms with Crippen molar-refractivity contribution in [2.45, 2.75) is 0 Å². The van der Waals surface area contributed by atoms with Gasteiger partial charge in [-0.05, 0) is 0 Å². The molecule has 8 aromatic carbocycles. The van der Waals surface area contributed by atoms with Gasteiger partial charge in [-0.15, -0.1) is 12.4 Å². The molecular weight excluding hydrogens is 1100 g/mol. The van der Waals surface area contributed by atoms with Crippen molar-refractivity contribution in [1.82, 2.24) is 0 Å². The summed E-state index contributed by atoms with van der Waals surface area (Å²) in [5.74, 6) is 7.17. The molecule has 0 heterocycles. The first-order valence-electron chi connectivity index (χ1n) is 18.9. The molecule has 0 atom stereocenters. The average Bonchev–Trinajstić information content (AvgIpc) is 3.33. The predicted molar refractivity (Wildman–Crippen MR) is 275 cm³/mol. The minimum atomic E-state index is -0.534. The topological polar surface area (TPSA) is 34.1 Å². The molecule has 8 rings (SSSR count). The maximum absolute atomic E-state index is 8.45. The molecule has 0 saturated carbocycles. The monoisotopic (exact) mass is 1140 g/mol. The molecule has 1 radical (unpaired) electrons. The van der Waals surface area contributed by atoms with E-state index in [1.54, 1.807) is 0 Å². The standard InChI is InChI=1S/2C25H21P2.2CClO.ClH.Pd.Rh/c2*1-5-13-22(14-6-1)26(23-15-7-2-8-16-23)21-27(24-17-9-3-10-18-24)25-19-11-4-12-20-25;2*2-1-3;;;/h2*1-21H;;;1H;;/q4*-1;;2*+2. The van der Waals surface area contributed by atoms with Gasteiger partial charge in [-0.25, -0.2) is 0 Å². The van der Waals surface area contributed by atoms with E-state index in [-0.39, 0.29) is 52.3 Å². The summed E-state index contributed by atoms with van der Waals surface area (Å²) in [4.78, 5) is 16.9. The van der Waals surface area contributed by atoms with E-state index in [9.17, 15) is 0 Å². The zero-order valence-electron chi connectivity index (χ0n) is 33.7. The van der Waals surface area contributed by atoms with Gasteiger partial charge in [0.2, 0.25) is 0 Å². The maximum Gasteiger partial charge on any atom is 2.00 e. The number of carbonyl (C=O) groups excluding carboxylic acids is 2. The molecule has 0 N–H and O–H groups in total. The first-order valence-corrected chi connectivity index (χ1v) is 25.3. The van der Waals surface area contributed by atoms with E-state index in [4.69, 9.17) is 9.59 Å². The fourth-order valence-electron chi connectivity index (χ4n) is 6.07. The molecule has 11 heteroatoms. The van der Waals surface area contributed by atoms with Gasteiger partial charge < -0.3 is 32.8 Å². The molecule has 2 nitrogen and oxygen atoms in total. The molecule has 0 amide bonds. The second kappa shape index (κ2) is 33.5. The Morgan fingerprint density at radius 2 is 0.381 bits per heavy atom. The quantitative estimate of drug-likeness (QED) is 0.0529. The van der Waals surface area contributed by atoms with Crippen LogP contribution in [0, 0.1) is 11.8 Å². The third kappa shape index (κ3) is 18.8. The van der Waals surface area contributed by atoms with Crippen LogP contribution in [0.3, 0.4) is 0 Å². The van der Waals surface area contributed by atoms with Crippen LogP contribution in [0.25, 0.3) is 0 Å². The Morgan fingerprint density at radius 3 is 0.476 bits per heavy atom. The number of benzene rings is 8. The number of hydrogen-bond acceptors (Lipinski definition) is 2. The SMILES string of the molecule is Cl.O=[C-]Cl.O=[C-]Cl.[Pd+2].[Rh+2].c1ccc(P([CH-]P(c2ccccc2)c2ccccc2)c2ccccc2)cc1.c1ccc(P([CH-]P(c2ccccc2)c2ccccc2)c2ccccc2)cc1. The fraction of sp³-hybridized carbons (Fsp3) is 0. The Hall–Kier alpha value is -3.02. The minimum absolute atomic E-state index is 0. The van der Waals surface area contributed by atoms with Crippen LogP contribution >= 0.6 is 67.3 Å². The van der Waals surface area contributed by atoms with Crippen LogP contribution in [0.5, 0.6) is 0 Å². The van der Waals surface area contributed by atoms with Crippen molar-refractivity contribution in [2.75, 3.05) is 0 Å². The number of halogens is 3. The molecule has 0 bridgehead atoms. The van der Waals surface area contributed by atoms with E-state index < -0.39 is 31.7 Å². The molecule has 0 unspecified atom stereocenters. The summed E-state index contributed by atoms with van der Waals surface area (Å²) in [6.07, 6.45) is 0. The van der Waals surface area contributed by atoms with E-state index in [2.05, 4.69) is 278 Å². The van der Waals surface area contributed by atoms with Crippen molar-refractivity contribution in [3.63, 3.8) is 0 Å². The van der Waals surface area contributed by atoms with E-state index >= 15 is 0 Å². The van der Waals surface area contributed by atoms with Crippen molar-refractivity contribution in [3.8, 4) is 0 Å². The van der Waals surface area contributed by atoms with Gasteiger partial charge in [-0.2, -0.15) is 43.2 Å². The molecule has 0 fully saturated rings. The summed E-state index contributed by atoms with van der Waals surface area (Å²) >= 11 is 8.39. The Labute approximate surface area is 421 Å². The van der Waals surface area contributed by atoms with Gasteiger partial charge in [0.25, 0.3) is 0 Å². The fourth-order valence-corrected chi connectivity index (χ4v) is 17.3. The van der Waals surface area contributed by atoms with Gasteiger partial charge in [0.1, 0.15) is 0 Å². The largest absolute Gasteiger partial charge is 2.00 e. The van der Waals surface area contributed by atoms with Crippen molar-refractivity contribution < 1.29 is 49.5 Å². The van der Waals surface area contributed by atoms with Gasteiger partial charge >= 0.3 is 39.9 Å². The Morgan fingerprint density at radius 1 is 0.286 bits per heavy atom. The molecule has 0 aliphatic rings. The normalized spacial score (nSPS) is 9.87. The molecule has 0 aliphatic heterocycles. The number of rotatable bonds is 12. The average molecular weight is 1140 g/mol. The molecule has 0 aliphatic carbocycles. The molecule has 323 valence electrons. The third-order valence-electron chi connectivity index (χ3n) is 8.74. The van der Waals surface area contributed by atoms with E-state index in [0.717, 1.165) is 11.5 Å². The zero-order chi connectivity index (χ0) is 42.0. The van der Waals surface area contributed by atoms with Crippen molar-refractivity contribution >= 4 is 121 Å². The van der Waals surface area contributed by atoms with Crippen LogP contribution in [-0.2, 0) is 49.5 Å². The van der Waals surface area contributed by atoms with Crippen LogP contribution in [0.2, 0.25) is 0 Å². The molecule has 0 aromatic heterocycles. The molecular formula is C52H43Cl3O2P4PdRh. The van der Waals surface area contributed by atoms with Crippen LogP contribution in [-0.4, -0.2) is 11.5 Å². The zero-order valence-corrected chi connectivity index (χ0v) is 42.8. The van der Waals surface area contributed by atoms with Crippen molar-refractivity contribution in [3.05, 3.63) is 254 Å². The summed E-state index contributed by atoms with van der Waals surface area (Å²) in [5, 5.41) is 11.2. The minimum Gasteiger partial charge on any atom is -0.525 e. The summed E-state index contributed by atoms with van der Waals surface area (Å²) < 4.78 is 0. The van der Waals surface area contributed by atoms with Crippen LogP contribution in [0.1, 0.15) is 0 Å². The molecule has 63 heavy (non-hydrogen) atoms. The summed E-state index contributed by atoms with van der Waals surface area (Å²) in [6, 6.07) is 87.3. The molecule has 0 spiro atoms. The van der Waals surface area contributed by atoms with Gasteiger partial charge in [0.15, 0.2) is 0 Å².